The highest BCUT2D eigenvalue weighted by Gasteiger charge is 1.95. The average molecular weight is 122 g/mol. The van der Waals surface area contributed by atoms with Crippen LogP contribution in [0.5, 0.6) is 0 Å². The summed E-state index contributed by atoms with van der Waals surface area (Å²) in [5, 5.41) is 8.16. The van der Waals surface area contributed by atoms with Gasteiger partial charge < -0.3 is 5.48 Å². The highest BCUT2D eigenvalue weighted by Crippen LogP contribution is 2.07. The molecule has 1 aromatic rings. The van der Waals surface area contributed by atoms with Crippen molar-refractivity contribution in [3.05, 3.63) is 35.3 Å². The molecule has 0 bridgehead atoms. The molecule has 0 fully saturated rings. The molecule has 0 spiro atoms. The molecule has 46 valence electrons. The summed E-state index contributed by atoms with van der Waals surface area (Å²) in [6.07, 6.45) is 0. The summed E-state index contributed by atoms with van der Waals surface area (Å²) in [5.41, 5.74) is 0.590. The van der Waals surface area contributed by atoms with Gasteiger partial charge in [-0.1, -0.05) is 18.2 Å². The molecule has 0 amide bonds. The van der Waals surface area contributed by atoms with Gasteiger partial charge in [-0.05, 0) is 0 Å². The van der Waals surface area contributed by atoms with Gasteiger partial charge >= 0.3 is 5.69 Å². The molecule has 0 atom stereocenters. The zero-order valence-electron chi connectivity index (χ0n) is 4.73. The fourth-order valence-corrected chi connectivity index (χ4v) is 0.495. The smallest absolute Gasteiger partial charge is 0.385 e. The second-order valence-corrected chi connectivity index (χ2v) is 1.44. The van der Waals surface area contributed by atoms with Crippen molar-refractivity contribution in [1.29, 1.82) is 5.39 Å². The largest absolute Gasteiger partial charge is 0.870 e. The molecule has 1 aromatic carbocycles. The zero-order chi connectivity index (χ0) is 5.82. The van der Waals surface area contributed by atoms with Gasteiger partial charge in [-0.3, -0.25) is 0 Å². The van der Waals surface area contributed by atoms with Crippen LogP contribution in [0.25, 0.3) is 4.98 Å². The first-order valence-corrected chi connectivity index (χ1v) is 2.33. The Balaban J connectivity index is 0.000000640. The van der Waals surface area contributed by atoms with E-state index in [4.69, 9.17) is 5.39 Å². The Hall–Kier alpha value is -1.40. The van der Waals surface area contributed by atoms with Gasteiger partial charge in [0, 0.05) is 12.1 Å². The second kappa shape index (κ2) is 3.58. The summed E-state index contributed by atoms with van der Waals surface area (Å²) in [4.78, 5) is 2.97. The average Bonchev–Trinajstić information content (AvgIpc) is 1.90. The maximum atomic E-state index is 8.16. The summed E-state index contributed by atoms with van der Waals surface area (Å²) in [7, 11) is 0. The van der Waals surface area contributed by atoms with Crippen LogP contribution in [-0.2, 0) is 0 Å². The number of hydrogen-bond acceptors (Lipinski definition) is 2. The van der Waals surface area contributed by atoms with Gasteiger partial charge in [0.25, 0.3) is 0 Å². The predicted octanol–water partition coefficient (Wildman–Crippen LogP) is 1.99. The van der Waals surface area contributed by atoms with Crippen LogP contribution < -0.4 is 0 Å². The zero-order valence-corrected chi connectivity index (χ0v) is 4.73. The van der Waals surface area contributed by atoms with Crippen LogP contribution in [0.2, 0.25) is 0 Å². The summed E-state index contributed by atoms with van der Waals surface area (Å²) < 4.78 is 0. The van der Waals surface area contributed by atoms with Crippen LogP contribution in [-0.4, -0.2) is 5.48 Å². The monoisotopic (exact) mass is 122 g/mol. The third-order valence-corrected chi connectivity index (χ3v) is 0.872. The molecule has 0 heterocycles. The van der Waals surface area contributed by atoms with Gasteiger partial charge in [-0.15, -0.1) is 0 Å². The lowest BCUT2D eigenvalue weighted by Crippen LogP contribution is -1.54. The maximum absolute atomic E-state index is 8.16. The third-order valence-electron chi connectivity index (χ3n) is 0.872. The Morgan fingerprint density at radius 1 is 1.11 bits per heavy atom. The normalized spacial score (nSPS) is 7.00. The maximum Gasteiger partial charge on any atom is 0.385 e. The minimum Gasteiger partial charge on any atom is -0.870 e. The van der Waals surface area contributed by atoms with Crippen molar-refractivity contribution < 1.29 is 5.48 Å². The summed E-state index contributed by atoms with van der Waals surface area (Å²) in [6, 6.07) is 8.94. The molecule has 0 saturated carbocycles. The standard InChI is InChI=1S/C6H5N2.H2O/c7-8-6-4-2-1-3-5-6;/h1-5H;1H2/q+1;/p-1. The number of nitrogens with zero attached hydrogens (tertiary/aromatic N) is 2. The third kappa shape index (κ3) is 1.89. The van der Waals surface area contributed by atoms with E-state index in [1.807, 2.05) is 18.2 Å². The lowest BCUT2D eigenvalue weighted by molar-refractivity contribution is 0.824. The highest BCUT2D eigenvalue weighted by molar-refractivity contribution is 5.42. The van der Waals surface area contributed by atoms with E-state index in [9.17, 15) is 0 Å². The number of rotatable bonds is 0. The number of diazo groups is 1. The van der Waals surface area contributed by atoms with Gasteiger partial charge in [0.05, 0.1) is 0 Å². The number of benzene rings is 1. The molecule has 0 radical (unpaired) electrons. The fourth-order valence-electron chi connectivity index (χ4n) is 0.495. The second-order valence-electron chi connectivity index (χ2n) is 1.44. The quantitative estimate of drug-likeness (QED) is 0.494. The van der Waals surface area contributed by atoms with E-state index >= 15 is 0 Å². The van der Waals surface area contributed by atoms with Crippen molar-refractivity contribution in [2.24, 2.45) is 0 Å². The Labute approximate surface area is 52.9 Å². The minimum absolute atomic E-state index is 0. The minimum atomic E-state index is 0. The molecule has 3 nitrogen and oxygen atoms in total. The van der Waals surface area contributed by atoms with E-state index in [0.717, 1.165) is 0 Å². The van der Waals surface area contributed by atoms with Gasteiger partial charge in [0.1, 0.15) is 0 Å². The van der Waals surface area contributed by atoms with Gasteiger partial charge in [0.2, 0.25) is 5.39 Å². The highest BCUT2D eigenvalue weighted by atomic mass is 16.0. The van der Waals surface area contributed by atoms with E-state index in [1.54, 1.807) is 12.1 Å². The van der Waals surface area contributed by atoms with Gasteiger partial charge in [-0.2, -0.15) is 0 Å². The lowest BCUT2D eigenvalue weighted by Gasteiger charge is -1.69. The van der Waals surface area contributed by atoms with Crippen molar-refractivity contribution in [1.82, 2.24) is 0 Å². The van der Waals surface area contributed by atoms with Crippen LogP contribution in [0.15, 0.2) is 30.3 Å². The van der Waals surface area contributed by atoms with Crippen LogP contribution >= 0.6 is 0 Å². The molecule has 0 aliphatic carbocycles. The molecule has 0 aromatic heterocycles. The van der Waals surface area contributed by atoms with E-state index < -0.39 is 0 Å². The van der Waals surface area contributed by atoms with Gasteiger partial charge in [-0.25, -0.2) is 0 Å². The first kappa shape index (κ1) is 7.60. The molecule has 9 heavy (non-hydrogen) atoms. The van der Waals surface area contributed by atoms with E-state index in [0.29, 0.717) is 5.69 Å². The Kier molecular flexibility index (Phi) is 3.03. The molecule has 0 unspecified atom stereocenters. The van der Waals surface area contributed by atoms with Crippen molar-refractivity contribution in [2.45, 2.75) is 0 Å². The van der Waals surface area contributed by atoms with E-state index in [1.165, 1.54) is 0 Å². The molecule has 0 saturated heterocycles. The van der Waals surface area contributed by atoms with Crippen LogP contribution in [0.3, 0.4) is 0 Å². The molecule has 0 aliphatic rings. The van der Waals surface area contributed by atoms with Crippen molar-refractivity contribution in [2.75, 3.05) is 0 Å². The SMILES string of the molecule is N#[N+]c1ccccc1.[OH-]. The van der Waals surface area contributed by atoms with Crippen LogP contribution in [0.4, 0.5) is 5.69 Å². The van der Waals surface area contributed by atoms with Crippen molar-refractivity contribution in [3.8, 4) is 0 Å². The molecule has 1 N–H and O–H groups in total. The lowest BCUT2D eigenvalue weighted by atomic mass is 10.3. The Morgan fingerprint density at radius 3 is 2.00 bits per heavy atom. The summed E-state index contributed by atoms with van der Waals surface area (Å²) >= 11 is 0. The molecular weight excluding hydrogens is 116 g/mol. The number of hydrogen-bond donors (Lipinski definition) is 0. The van der Waals surface area contributed by atoms with Crippen molar-refractivity contribution >= 4 is 5.69 Å². The molecule has 0 aliphatic heterocycles. The molecular formula is C6H6N2O. The van der Waals surface area contributed by atoms with E-state index in [2.05, 4.69) is 4.98 Å². The predicted molar refractivity (Wildman–Crippen MR) is 33.1 cm³/mol. The fraction of sp³-hybridized carbons (Fsp3) is 0. The molecule has 3 heteroatoms. The topological polar surface area (TPSA) is 58.1 Å². The summed E-state index contributed by atoms with van der Waals surface area (Å²) in [6.45, 7) is 0. The van der Waals surface area contributed by atoms with E-state index in [-0.39, 0.29) is 5.48 Å². The first-order valence-electron chi connectivity index (χ1n) is 2.33. The van der Waals surface area contributed by atoms with Crippen LogP contribution in [0.1, 0.15) is 0 Å². The summed E-state index contributed by atoms with van der Waals surface area (Å²) in [5.74, 6) is 0. The van der Waals surface area contributed by atoms with Crippen LogP contribution in [0, 0.1) is 5.39 Å². The Morgan fingerprint density at radius 2 is 1.67 bits per heavy atom. The Bertz CT molecular complexity index is 202. The van der Waals surface area contributed by atoms with Crippen molar-refractivity contribution in [3.63, 3.8) is 0 Å². The molecule has 1 rings (SSSR count). The first-order chi connectivity index (χ1) is 3.93. The van der Waals surface area contributed by atoms with Gasteiger partial charge in [0.15, 0.2) is 4.98 Å².